The fraction of sp³-hybridized carbons (Fsp3) is 0.368. The zero-order chi connectivity index (χ0) is 16.8. The summed E-state index contributed by atoms with van der Waals surface area (Å²) in [5, 5.41) is 0.991. The molecule has 0 amide bonds. The summed E-state index contributed by atoms with van der Waals surface area (Å²) in [6, 6.07) is 9.45. The van der Waals surface area contributed by atoms with Crippen molar-refractivity contribution < 1.29 is 4.79 Å². The van der Waals surface area contributed by atoms with Crippen molar-refractivity contribution in [1.29, 1.82) is 0 Å². The molecule has 0 saturated carbocycles. The molecule has 0 aliphatic carbocycles. The van der Waals surface area contributed by atoms with Crippen LogP contribution in [0.25, 0.3) is 0 Å². The average molecular weight is 350 g/mol. The van der Waals surface area contributed by atoms with E-state index in [-0.39, 0.29) is 11.7 Å². The highest BCUT2D eigenvalue weighted by atomic mass is 35.5. The number of hydrogen-bond donors (Lipinski definition) is 0. The maximum Gasteiger partial charge on any atom is 0.137 e. The van der Waals surface area contributed by atoms with Crippen molar-refractivity contribution in [3.8, 4) is 0 Å². The molecule has 0 unspecified atom stereocenters. The lowest BCUT2D eigenvalue weighted by Crippen LogP contribution is -2.08. The molecule has 0 fully saturated rings. The molecule has 0 radical (unpaired) electrons. The number of aromatic nitrogens is 1. The van der Waals surface area contributed by atoms with Crippen LogP contribution in [-0.4, -0.2) is 10.8 Å². The Labute approximate surface area is 147 Å². The molecule has 0 saturated heterocycles. The molecule has 1 aromatic heterocycles. The SMILES string of the molecule is CCCc1ccc([C@@H](C)CC(=O)Cc2ccc(Cl)c(Cl)c2)nc1. The summed E-state index contributed by atoms with van der Waals surface area (Å²) < 4.78 is 0. The van der Waals surface area contributed by atoms with Gasteiger partial charge in [-0.05, 0) is 35.7 Å². The highest BCUT2D eigenvalue weighted by Crippen LogP contribution is 2.24. The molecule has 2 nitrogen and oxygen atoms in total. The van der Waals surface area contributed by atoms with Crippen LogP contribution >= 0.6 is 23.2 Å². The molecule has 2 aromatic rings. The molecule has 0 aliphatic heterocycles. The van der Waals surface area contributed by atoms with Crippen molar-refractivity contribution >= 4 is 29.0 Å². The first-order valence-corrected chi connectivity index (χ1v) is 8.65. The van der Waals surface area contributed by atoms with Gasteiger partial charge in [0, 0.05) is 30.7 Å². The summed E-state index contributed by atoms with van der Waals surface area (Å²) in [6.45, 7) is 4.19. The third-order valence-corrected chi connectivity index (χ3v) is 4.55. The van der Waals surface area contributed by atoms with Gasteiger partial charge < -0.3 is 0 Å². The number of pyridine rings is 1. The van der Waals surface area contributed by atoms with Crippen molar-refractivity contribution in [3.63, 3.8) is 0 Å². The van der Waals surface area contributed by atoms with Crippen LogP contribution in [0.1, 0.15) is 49.4 Å². The first-order valence-electron chi connectivity index (χ1n) is 7.90. The first kappa shape index (κ1) is 18.0. The summed E-state index contributed by atoms with van der Waals surface area (Å²) in [6.07, 6.45) is 4.91. The third kappa shape index (κ3) is 5.33. The molecule has 0 aliphatic rings. The second kappa shape index (κ2) is 8.47. The van der Waals surface area contributed by atoms with E-state index in [9.17, 15) is 4.79 Å². The Morgan fingerprint density at radius 1 is 1.13 bits per heavy atom. The number of hydrogen-bond acceptors (Lipinski definition) is 2. The number of aryl methyl sites for hydroxylation is 1. The van der Waals surface area contributed by atoms with Gasteiger partial charge in [-0.15, -0.1) is 0 Å². The van der Waals surface area contributed by atoms with Gasteiger partial charge in [0.05, 0.1) is 10.0 Å². The van der Waals surface area contributed by atoms with E-state index in [0.717, 1.165) is 24.1 Å². The van der Waals surface area contributed by atoms with Gasteiger partial charge in [-0.2, -0.15) is 0 Å². The van der Waals surface area contributed by atoms with Gasteiger partial charge in [0.2, 0.25) is 0 Å². The number of benzene rings is 1. The summed E-state index contributed by atoms with van der Waals surface area (Å²) in [5.41, 5.74) is 3.10. The fourth-order valence-electron chi connectivity index (χ4n) is 2.56. The minimum atomic E-state index is 0.112. The summed E-state index contributed by atoms with van der Waals surface area (Å²) in [4.78, 5) is 16.8. The van der Waals surface area contributed by atoms with Crippen LogP contribution in [0.5, 0.6) is 0 Å². The molecule has 122 valence electrons. The molecule has 1 atom stereocenters. The molecule has 0 bridgehead atoms. The van der Waals surface area contributed by atoms with E-state index in [1.807, 2.05) is 25.3 Å². The van der Waals surface area contributed by atoms with Crippen LogP contribution in [0.15, 0.2) is 36.5 Å². The van der Waals surface area contributed by atoms with E-state index in [1.54, 1.807) is 12.1 Å². The van der Waals surface area contributed by atoms with Crippen molar-refractivity contribution in [1.82, 2.24) is 4.98 Å². The molecule has 23 heavy (non-hydrogen) atoms. The molecule has 0 N–H and O–H groups in total. The van der Waals surface area contributed by atoms with E-state index in [1.165, 1.54) is 5.56 Å². The Hall–Kier alpha value is -1.38. The lowest BCUT2D eigenvalue weighted by Gasteiger charge is -2.11. The molecular formula is C19H21Cl2NO. The Kier molecular flexibility index (Phi) is 6.61. The van der Waals surface area contributed by atoms with Gasteiger partial charge >= 0.3 is 0 Å². The van der Waals surface area contributed by atoms with Crippen LogP contribution in [0.4, 0.5) is 0 Å². The number of Topliss-reactive ketones (excluding diaryl/α,β-unsaturated/α-hetero) is 1. The van der Waals surface area contributed by atoms with E-state index in [4.69, 9.17) is 23.2 Å². The number of nitrogens with zero attached hydrogens (tertiary/aromatic N) is 1. The number of halogens is 2. The maximum atomic E-state index is 12.3. The predicted molar refractivity (Wildman–Crippen MR) is 96.4 cm³/mol. The molecule has 4 heteroatoms. The minimum Gasteiger partial charge on any atom is -0.299 e. The van der Waals surface area contributed by atoms with Gasteiger partial charge in [-0.25, -0.2) is 0 Å². The van der Waals surface area contributed by atoms with E-state index >= 15 is 0 Å². The maximum absolute atomic E-state index is 12.3. The number of ketones is 1. The highest BCUT2D eigenvalue weighted by molar-refractivity contribution is 6.42. The van der Waals surface area contributed by atoms with Crippen LogP contribution < -0.4 is 0 Å². The van der Waals surface area contributed by atoms with Crippen LogP contribution in [-0.2, 0) is 17.6 Å². The van der Waals surface area contributed by atoms with Gasteiger partial charge in [0.15, 0.2) is 0 Å². The van der Waals surface area contributed by atoms with Gasteiger partial charge in [-0.1, -0.05) is 55.6 Å². The summed E-state index contributed by atoms with van der Waals surface area (Å²) in [5.74, 6) is 0.288. The van der Waals surface area contributed by atoms with Gasteiger partial charge in [0.1, 0.15) is 5.78 Å². The highest BCUT2D eigenvalue weighted by Gasteiger charge is 2.13. The molecule has 0 spiro atoms. The number of carbonyl (C=O) groups is 1. The zero-order valence-corrected chi connectivity index (χ0v) is 15.0. The predicted octanol–water partition coefficient (Wildman–Crippen LogP) is 5.65. The van der Waals surface area contributed by atoms with Gasteiger partial charge in [0.25, 0.3) is 0 Å². The standard InChI is InChI=1S/C19H21Cl2NO/c1-3-4-14-6-8-19(22-12-14)13(2)9-16(23)10-15-5-7-17(20)18(21)11-15/h5-8,11-13H,3-4,9-10H2,1-2H3/t13-/m0/s1. The normalized spacial score (nSPS) is 12.2. The van der Waals surface area contributed by atoms with Crippen molar-refractivity contribution in [2.45, 2.75) is 45.4 Å². The van der Waals surface area contributed by atoms with E-state index in [0.29, 0.717) is 22.9 Å². The summed E-state index contributed by atoms with van der Waals surface area (Å²) >= 11 is 11.9. The average Bonchev–Trinajstić information content (AvgIpc) is 2.52. The van der Waals surface area contributed by atoms with E-state index < -0.39 is 0 Å². The first-order chi connectivity index (χ1) is 11.0. The Bertz CT molecular complexity index is 668. The smallest absolute Gasteiger partial charge is 0.137 e. The molecule has 1 heterocycles. The number of carbonyl (C=O) groups excluding carboxylic acids is 1. The number of rotatable bonds is 7. The Morgan fingerprint density at radius 2 is 1.87 bits per heavy atom. The molecular weight excluding hydrogens is 329 g/mol. The monoisotopic (exact) mass is 349 g/mol. The van der Waals surface area contributed by atoms with Crippen molar-refractivity contribution in [2.24, 2.45) is 0 Å². The molecule has 1 aromatic carbocycles. The van der Waals surface area contributed by atoms with Crippen LogP contribution in [0, 0.1) is 0 Å². The third-order valence-electron chi connectivity index (χ3n) is 3.81. The van der Waals surface area contributed by atoms with Crippen molar-refractivity contribution in [2.75, 3.05) is 0 Å². The summed E-state index contributed by atoms with van der Waals surface area (Å²) in [7, 11) is 0. The van der Waals surface area contributed by atoms with E-state index in [2.05, 4.69) is 18.0 Å². The Morgan fingerprint density at radius 3 is 2.48 bits per heavy atom. The quantitative estimate of drug-likeness (QED) is 0.646. The second-order valence-corrected chi connectivity index (χ2v) is 6.72. The van der Waals surface area contributed by atoms with Crippen LogP contribution in [0.2, 0.25) is 10.0 Å². The largest absolute Gasteiger partial charge is 0.299 e. The van der Waals surface area contributed by atoms with Gasteiger partial charge in [-0.3, -0.25) is 9.78 Å². The van der Waals surface area contributed by atoms with Crippen LogP contribution in [0.3, 0.4) is 0 Å². The Balaban J connectivity index is 1.94. The lowest BCUT2D eigenvalue weighted by molar-refractivity contribution is -0.118. The van der Waals surface area contributed by atoms with Crippen molar-refractivity contribution in [3.05, 3.63) is 63.4 Å². The zero-order valence-electron chi connectivity index (χ0n) is 13.5. The molecule has 2 rings (SSSR count). The fourth-order valence-corrected chi connectivity index (χ4v) is 2.88. The topological polar surface area (TPSA) is 30.0 Å². The lowest BCUT2D eigenvalue weighted by atomic mass is 9.96. The minimum absolute atomic E-state index is 0.112. The second-order valence-electron chi connectivity index (χ2n) is 5.91.